The highest BCUT2D eigenvalue weighted by atomic mass is 16.3. The molecule has 132 valence electrons. The molecule has 26 heavy (non-hydrogen) atoms. The van der Waals surface area contributed by atoms with Crippen molar-refractivity contribution < 1.29 is 9.52 Å². The molecule has 0 aliphatic heterocycles. The minimum Gasteiger partial charge on any atom is -0.459 e. The van der Waals surface area contributed by atoms with Gasteiger partial charge in [-0.3, -0.25) is 0 Å². The third-order valence-electron chi connectivity index (χ3n) is 4.32. The molecule has 4 aromatic rings. The number of aliphatic hydroxyl groups is 1. The predicted octanol–water partition coefficient (Wildman–Crippen LogP) is 3.78. The van der Waals surface area contributed by atoms with Gasteiger partial charge in [-0.2, -0.15) is 0 Å². The number of hydrogen-bond acceptors (Lipinski definition) is 4. The molecule has 6 heteroatoms. The number of aromatic amines is 2. The Bertz CT molecular complexity index is 1090. The summed E-state index contributed by atoms with van der Waals surface area (Å²) in [5.74, 6) is 1.59. The number of H-pyrrole nitrogens is 2. The van der Waals surface area contributed by atoms with Crippen molar-refractivity contribution in [2.45, 2.75) is 19.6 Å². The molecule has 2 heterocycles. The fourth-order valence-electron chi connectivity index (χ4n) is 2.89. The second-order valence-corrected chi connectivity index (χ2v) is 6.26. The second kappa shape index (κ2) is 6.57. The monoisotopic (exact) mass is 349 g/mol. The van der Waals surface area contributed by atoms with E-state index in [9.17, 15) is 9.90 Å². The smallest absolute Gasteiger partial charge is 0.323 e. The highest BCUT2D eigenvalue weighted by Crippen LogP contribution is 2.25. The van der Waals surface area contributed by atoms with Crippen molar-refractivity contribution >= 4 is 16.7 Å². The predicted molar refractivity (Wildman–Crippen MR) is 101 cm³/mol. The van der Waals surface area contributed by atoms with E-state index in [2.05, 4.69) is 15.3 Å². The van der Waals surface area contributed by atoms with Crippen molar-refractivity contribution in [3.05, 3.63) is 76.4 Å². The molecule has 2 aromatic carbocycles. The van der Waals surface area contributed by atoms with E-state index in [0.717, 1.165) is 39.4 Å². The van der Waals surface area contributed by atoms with Crippen molar-refractivity contribution in [3.8, 4) is 11.3 Å². The zero-order valence-electron chi connectivity index (χ0n) is 14.2. The van der Waals surface area contributed by atoms with Gasteiger partial charge in [0.1, 0.15) is 11.5 Å². The first kappa shape index (κ1) is 16.2. The Balaban J connectivity index is 1.46. The Morgan fingerprint density at radius 1 is 1.04 bits per heavy atom. The molecule has 0 bridgehead atoms. The summed E-state index contributed by atoms with van der Waals surface area (Å²) in [6.45, 7) is 2.28. The number of nitrogens with one attached hydrogen (secondary N) is 3. The molecule has 2 aromatic heterocycles. The maximum absolute atomic E-state index is 11.3. The number of fused-ring (bicyclic) bond motifs is 1. The standard InChI is InChI=1S/C20H19N3O3/c1-12(24)13-2-4-14(5-3-13)19-9-7-16(26-19)11-21-15-6-8-17-18(10-15)23-20(25)22-17/h2-10,12,21,24H,11H2,1H3,(H2,22,23,25). The molecule has 4 rings (SSSR count). The van der Waals surface area contributed by atoms with Gasteiger partial charge in [0.2, 0.25) is 0 Å². The Morgan fingerprint density at radius 2 is 1.81 bits per heavy atom. The van der Waals surface area contributed by atoms with Gasteiger partial charge in [-0.1, -0.05) is 24.3 Å². The molecule has 1 unspecified atom stereocenters. The van der Waals surface area contributed by atoms with E-state index in [0.29, 0.717) is 6.54 Å². The number of rotatable bonds is 5. The third-order valence-corrected chi connectivity index (χ3v) is 4.32. The normalized spacial score (nSPS) is 12.4. The first-order valence-electron chi connectivity index (χ1n) is 8.41. The highest BCUT2D eigenvalue weighted by Gasteiger charge is 2.07. The lowest BCUT2D eigenvalue weighted by molar-refractivity contribution is 0.199. The lowest BCUT2D eigenvalue weighted by Crippen LogP contribution is -1.99. The molecule has 0 saturated carbocycles. The largest absolute Gasteiger partial charge is 0.459 e. The lowest BCUT2D eigenvalue weighted by Gasteiger charge is -2.05. The van der Waals surface area contributed by atoms with Crippen molar-refractivity contribution in [1.82, 2.24) is 9.97 Å². The van der Waals surface area contributed by atoms with E-state index in [1.165, 1.54) is 0 Å². The van der Waals surface area contributed by atoms with Crippen LogP contribution in [-0.4, -0.2) is 15.1 Å². The average molecular weight is 349 g/mol. The second-order valence-electron chi connectivity index (χ2n) is 6.26. The number of anilines is 1. The molecular formula is C20H19N3O3. The number of benzene rings is 2. The molecule has 0 radical (unpaired) electrons. The molecule has 0 aliphatic rings. The van der Waals surface area contributed by atoms with Crippen molar-refractivity contribution in [1.29, 1.82) is 0 Å². The maximum atomic E-state index is 11.3. The zero-order chi connectivity index (χ0) is 18.1. The molecule has 4 N–H and O–H groups in total. The lowest BCUT2D eigenvalue weighted by atomic mass is 10.1. The van der Waals surface area contributed by atoms with E-state index < -0.39 is 6.10 Å². The molecule has 0 saturated heterocycles. The van der Waals surface area contributed by atoms with Crippen molar-refractivity contribution in [3.63, 3.8) is 0 Å². The van der Waals surface area contributed by atoms with Gasteiger partial charge in [0, 0.05) is 11.3 Å². The topological polar surface area (TPSA) is 94.0 Å². The molecule has 6 nitrogen and oxygen atoms in total. The maximum Gasteiger partial charge on any atom is 0.323 e. The van der Waals surface area contributed by atoms with Crippen LogP contribution in [0.1, 0.15) is 24.4 Å². The van der Waals surface area contributed by atoms with E-state index in [1.807, 2.05) is 54.6 Å². The van der Waals surface area contributed by atoms with Crippen LogP contribution in [0.5, 0.6) is 0 Å². The van der Waals surface area contributed by atoms with Crippen LogP contribution in [0.25, 0.3) is 22.4 Å². The van der Waals surface area contributed by atoms with Gasteiger partial charge in [-0.05, 0) is 42.8 Å². The summed E-state index contributed by atoms with van der Waals surface area (Å²) in [4.78, 5) is 16.8. The Labute approximate surface area is 149 Å². The third kappa shape index (κ3) is 3.27. The number of imidazole rings is 1. The van der Waals surface area contributed by atoms with Gasteiger partial charge in [-0.25, -0.2) is 4.79 Å². The SMILES string of the molecule is CC(O)c1ccc(-c2ccc(CNc3ccc4[nH]c(=O)[nH]c4c3)o2)cc1. The van der Waals surface area contributed by atoms with Crippen molar-refractivity contribution in [2.75, 3.05) is 5.32 Å². The first-order valence-corrected chi connectivity index (χ1v) is 8.41. The number of aliphatic hydroxyl groups excluding tert-OH is 1. The summed E-state index contributed by atoms with van der Waals surface area (Å²) in [7, 11) is 0. The van der Waals surface area contributed by atoms with Gasteiger partial charge in [0.25, 0.3) is 0 Å². The van der Waals surface area contributed by atoms with Crippen LogP contribution in [-0.2, 0) is 6.54 Å². The van der Waals surface area contributed by atoms with E-state index in [4.69, 9.17) is 4.42 Å². The minimum absolute atomic E-state index is 0.213. The van der Waals surface area contributed by atoms with Crippen LogP contribution in [0.15, 0.2) is 63.8 Å². The summed E-state index contributed by atoms with van der Waals surface area (Å²) >= 11 is 0. The van der Waals surface area contributed by atoms with E-state index >= 15 is 0 Å². The van der Waals surface area contributed by atoms with Gasteiger partial charge in [0.05, 0.1) is 23.7 Å². The van der Waals surface area contributed by atoms with Crippen LogP contribution in [0.2, 0.25) is 0 Å². The Morgan fingerprint density at radius 3 is 2.58 bits per heavy atom. The summed E-state index contributed by atoms with van der Waals surface area (Å²) < 4.78 is 5.89. The summed E-state index contributed by atoms with van der Waals surface area (Å²) in [5, 5.41) is 12.9. The fourth-order valence-corrected chi connectivity index (χ4v) is 2.89. The van der Waals surface area contributed by atoms with Crippen LogP contribution < -0.4 is 11.0 Å². The van der Waals surface area contributed by atoms with Crippen LogP contribution in [0.3, 0.4) is 0 Å². The summed E-state index contributed by atoms with van der Waals surface area (Å²) in [5.41, 5.74) is 4.06. The van der Waals surface area contributed by atoms with Crippen LogP contribution in [0.4, 0.5) is 5.69 Å². The van der Waals surface area contributed by atoms with Crippen LogP contribution in [0, 0.1) is 0 Å². The molecule has 0 aliphatic carbocycles. The highest BCUT2D eigenvalue weighted by molar-refractivity contribution is 5.78. The molecule has 1 atom stereocenters. The molecule has 0 fully saturated rings. The quantitative estimate of drug-likeness (QED) is 0.441. The average Bonchev–Trinajstić information content (AvgIpc) is 3.25. The van der Waals surface area contributed by atoms with E-state index in [-0.39, 0.29) is 5.69 Å². The summed E-state index contributed by atoms with van der Waals surface area (Å²) in [6.07, 6.45) is -0.479. The van der Waals surface area contributed by atoms with Crippen LogP contribution >= 0.6 is 0 Å². The first-order chi connectivity index (χ1) is 12.6. The minimum atomic E-state index is -0.479. The Kier molecular flexibility index (Phi) is 4.10. The molecular weight excluding hydrogens is 330 g/mol. The zero-order valence-corrected chi connectivity index (χ0v) is 14.2. The van der Waals surface area contributed by atoms with Crippen molar-refractivity contribution in [2.24, 2.45) is 0 Å². The van der Waals surface area contributed by atoms with E-state index in [1.54, 1.807) is 6.92 Å². The van der Waals surface area contributed by atoms with Gasteiger partial charge < -0.3 is 24.8 Å². The van der Waals surface area contributed by atoms with Gasteiger partial charge >= 0.3 is 5.69 Å². The Hall–Kier alpha value is -3.25. The van der Waals surface area contributed by atoms with Gasteiger partial charge in [-0.15, -0.1) is 0 Å². The fraction of sp³-hybridized carbons (Fsp3) is 0.150. The molecule has 0 spiro atoms. The molecule has 0 amide bonds. The number of aromatic nitrogens is 2. The number of hydrogen-bond donors (Lipinski definition) is 4. The summed E-state index contributed by atoms with van der Waals surface area (Å²) in [6, 6.07) is 17.2. The van der Waals surface area contributed by atoms with Gasteiger partial charge in [0.15, 0.2) is 0 Å². The number of furan rings is 1.